The van der Waals surface area contributed by atoms with E-state index in [0.29, 0.717) is 11.3 Å². The molecule has 2 N–H and O–H groups in total. The van der Waals surface area contributed by atoms with Crippen LogP contribution in [0.15, 0.2) is 54.9 Å². The molecule has 0 radical (unpaired) electrons. The molecule has 0 atom stereocenters. The first-order valence-electron chi connectivity index (χ1n) is 8.62. The molecule has 3 rings (SSSR count). The number of aromatic nitrogens is 2. The van der Waals surface area contributed by atoms with Crippen LogP contribution in [0.5, 0.6) is 5.75 Å². The summed E-state index contributed by atoms with van der Waals surface area (Å²) in [6, 6.07) is 10.9. The topological polar surface area (TPSA) is 119 Å². The van der Waals surface area contributed by atoms with E-state index in [4.69, 9.17) is 0 Å². The fraction of sp³-hybridized carbons (Fsp3) is 0.105. The Hall–Kier alpha value is -4.22. The van der Waals surface area contributed by atoms with Crippen LogP contribution in [0.1, 0.15) is 17.3 Å². The summed E-state index contributed by atoms with van der Waals surface area (Å²) in [6.07, 6.45) is -3.76. The van der Waals surface area contributed by atoms with E-state index in [0.717, 1.165) is 18.5 Å². The van der Waals surface area contributed by atoms with Crippen molar-refractivity contribution >= 4 is 34.5 Å². The summed E-state index contributed by atoms with van der Waals surface area (Å²) in [5.74, 6) is -0.945. The van der Waals surface area contributed by atoms with Crippen molar-refractivity contribution in [3.05, 3.63) is 70.5 Å². The number of ether oxygens (including phenoxy) is 1. The Kier molecular flexibility index (Phi) is 6.00. The molecule has 0 aliphatic heterocycles. The summed E-state index contributed by atoms with van der Waals surface area (Å²) in [4.78, 5) is 30.2. The number of ketones is 1. The SMILES string of the molecule is CC(=O)c1cccc(Nc2ncnc(Nc3ccc(OC(F)(F)F)cc3)c2[N+](=O)[O-])c1. The van der Waals surface area contributed by atoms with Crippen LogP contribution in [0.4, 0.5) is 41.9 Å². The summed E-state index contributed by atoms with van der Waals surface area (Å²) < 4.78 is 40.6. The molecule has 160 valence electrons. The number of Topliss-reactive ketones (excluding diaryl/α,β-unsaturated/α-hetero) is 1. The molecule has 0 fully saturated rings. The first kappa shape index (κ1) is 21.5. The molecule has 0 spiro atoms. The van der Waals surface area contributed by atoms with Gasteiger partial charge in [0.1, 0.15) is 12.1 Å². The van der Waals surface area contributed by atoms with Gasteiger partial charge in [-0.2, -0.15) is 0 Å². The molecule has 0 bridgehead atoms. The molecule has 0 saturated carbocycles. The summed E-state index contributed by atoms with van der Waals surface area (Å²) in [6.45, 7) is 1.39. The third-order valence-corrected chi connectivity index (χ3v) is 3.89. The van der Waals surface area contributed by atoms with Crippen LogP contribution in [0, 0.1) is 10.1 Å². The maximum Gasteiger partial charge on any atom is 0.573 e. The summed E-state index contributed by atoms with van der Waals surface area (Å²) in [7, 11) is 0. The monoisotopic (exact) mass is 433 g/mol. The van der Waals surface area contributed by atoms with Crippen LogP contribution < -0.4 is 15.4 Å². The van der Waals surface area contributed by atoms with E-state index in [1.165, 1.54) is 25.1 Å². The Bertz CT molecular complexity index is 1120. The fourth-order valence-corrected chi connectivity index (χ4v) is 2.56. The summed E-state index contributed by atoms with van der Waals surface area (Å²) >= 11 is 0. The van der Waals surface area contributed by atoms with Gasteiger partial charge in [0.15, 0.2) is 5.78 Å². The molecule has 1 heterocycles. The predicted octanol–water partition coefficient (Wildman–Crippen LogP) is 4.97. The average molecular weight is 433 g/mol. The Morgan fingerprint density at radius 3 is 2.19 bits per heavy atom. The van der Waals surface area contributed by atoms with Crippen LogP contribution in [-0.2, 0) is 0 Å². The molecule has 0 aliphatic carbocycles. The van der Waals surface area contributed by atoms with Gasteiger partial charge in [0.2, 0.25) is 11.6 Å². The van der Waals surface area contributed by atoms with Crippen molar-refractivity contribution in [2.75, 3.05) is 10.6 Å². The number of anilines is 4. The Balaban J connectivity index is 1.88. The molecule has 0 saturated heterocycles. The van der Waals surface area contributed by atoms with Gasteiger partial charge >= 0.3 is 12.0 Å². The second kappa shape index (κ2) is 8.65. The van der Waals surface area contributed by atoms with Gasteiger partial charge < -0.3 is 15.4 Å². The molecule has 31 heavy (non-hydrogen) atoms. The molecule has 2 aromatic carbocycles. The van der Waals surface area contributed by atoms with Crippen molar-refractivity contribution in [1.82, 2.24) is 9.97 Å². The highest BCUT2D eigenvalue weighted by molar-refractivity contribution is 5.95. The van der Waals surface area contributed by atoms with Crippen molar-refractivity contribution in [2.45, 2.75) is 13.3 Å². The lowest BCUT2D eigenvalue weighted by Gasteiger charge is -2.12. The lowest BCUT2D eigenvalue weighted by molar-refractivity contribution is -0.383. The number of nitrogens with zero attached hydrogens (tertiary/aromatic N) is 3. The maximum atomic E-state index is 12.3. The second-order valence-corrected chi connectivity index (χ2v) is 6.14. The maximum absolute atomic E-state index is 12.3. The second-order valence-electron chi connectivity index (χ2n) is 6.14. The molecule has 0 aliphatic rings. The standard InChI is InChI=1S/C19H14F3N5O4/c1-11(28)12-3-2-4-14(9-12)26-18-16(27(29)30)17(23-10-24-18)25-13-5-7-15(8-6-13)31-19(20,21)22/h2-10H,1H3,(H2,23,24,25,26). The minimum Gasteiger partial charge on any atom is -0.406 e. The number of nitrogens with one attached hydrogen (secondary N) is 2. The Morgan fingerprint density at radius 1 is 1.03 bits per heavy atom. The quantitative estimate of drug-likeness (QED) is 0.304. The summed E-state index contributed by atoms with van der Waals surface area (Å²) in [5, 5.41) is 17.1. The van der Waals surface area contributed by atoms with Gasteiger partial charge in [-0.05, 0) is 43.3 Å². The third-order valence-electron chi connectivity index (χ3n) is 3.89. The minimum absolute atomic E-state index is 0.139. The number of carbonyl (C=O) groups is 1. The zero-order chi connectivity index (χ0) is 22.6. The summed E-state index contributed by atoms with van der Waals surface area (Å²) in [5.41, 5.74) is 0.544. The minimum atomic E-state index is -4.83. The third kappa shape index (κ3) is 5.65. The van der Waals surface area contributed by atoms with Crippen molar-refractivity contribution in [3.8, 4) is 5.75 Å². The van der Waals surface area contributed by atoms with Crippen molar-refractivity contribution in [3.63, 3.8) is 0 Å². The van der Waals surface area contributed by atoms with Gasteiger partial charge in [0.05, 0.1) is 4.92 Å². The first-order valence-corrected chi connectivity index (χ1v) is 8.62. The normalized spacial score (nSPS) is 11.0. The highest BCUT2D eigenvalue weighted by Crippen LogP contribution is 2.33. The van der Waals surface area contributed by atoms with E-state index < -0.39 is 22.7 Å². The van der Waals surface area contributed by atoms with Crippen molar-refractivity contribution in [2.24, 2.45) is 0 Å². The van der Waals surface area contributed by atoms with E-state index in [1.54, 1.807) is 18.2 Å². The Morgan fingerprint density at radius 2 is 1.65 bits per heavy atom. The molecule has 3 aromatic rings. The Labute approximate surface area is 173 Å². The van der Waals surface area contributed by atoms with Gasteiger partial charge in [0.25, 0.3) is 0 Å². The zero-order valence-electron chi connectivity index (χ0n) is 15.8. The molecule has 0 unspecified atom stereocenters. The van der Waals surface area contributed by atoms with E-state index in [9.17, 15) is 28.1 Å². The van der Waals surface area contributed by atoms with Gasteiger partial charge in [-0.15, -0.1) is 13.2 Å². The molecule has 12 heteroatoms. The largest absolute Gasteiger partial charge is 0.573 e. The molecular formula is C19H14F3N5O4. The van der Waals surface area contributed by atoms with Gasteiger partial charge in [-0.25, -0.2) is 9.97 Å². The molecular weight excluding hydrogens is 419 g/mol. The number of hydrogen-bond acceptors (Lipinski definition) is 8. The van der Waals surface area contributed by atoms with Crippen LogP contribution >= 0.6 is 0 Å². The van der Waals surface area contributed by atoms with E-state index in [-0.39, 0.29) is 23.1 Å². The van der Waals surface area contributed by atoms with E-state index >= 15 is 0 Å². The average Bonchev–Trinajstić information content (AvgIpc) is 2.68. The number of rotatable bonds is 7. The lowest BCUT2D eigenvalue weighted by Crippen LogP contribution is -2.17. The van der Waals surface area contributed by atoms with Crippen molar-refractivity contribution in [1.29, 1.82) is 0 Å². The van der Waals surface area contributed by atoms with Crippen LogP contribution in [-0.4, -0.2) is 27.0 Å². The van der Waals surface area contributed by atoms with Gasteiger partial charge in [0, 0.05) is 16.9 Å². The number of hydrogen-bond donors (Lipinski definition) is 2. The van der Waals surface area contributed by atoms with Gasteiger partial charge in [-0.3, -0.25) is 14.9 Å². The number of halogens is 3. The van der Waals surface area contributed by atoms with E-state index in [1.807, 2.05) is 0 Å². The van der Waals surface area contributed by atoms with Gasteiger partial charge in [-0.1, -0.05) is 12.1 Å². The highest BCUT2D eigenvalue weighted by Gasteiger charge is 2.31. The number of nitro groups is 1. The number of carbonyl (C=O) groups excluding carboxylic acids is 1. The molecule has 9 nitrogen and oxygen atoms in total. The number of alkyl halides is 3. The predicted molar refractivity (Wildman–Crippen MR) is 105 cm³/mol. The van der Waals surface area contributed by atoms with Crippen LogP contribution in [0.25, 0.3) is 0 Å². The smallest absolute Gasteiger partial charge is 0.406 e. The zero-order valence-corrected chi connectivity index (χ0v) is 15.8. The number of benzene rings is 2. The first-order chi connectivity index (χ1) is 14.6. The van der Waals surface area contributed by atoms with Crippen LogP contribution in [0.3, 0.4) is 0 Å². The molecule has 0 amide bonds. The van der Waals surface area contributed by atoms with Crippen LogP contribution in [0.2, 0.25) is 0 Å². The highest BCUT2D eigenvalue weighted by atomic mass is 19.4. The fourth-order valence-electron chi connectivity index (χ4n) is 2.56. The lowest BCUT2D eigenvalue weighted by atomic mass is 10.1. The molecule has 1 aromatic heterocycles. The van der Waals surface area contributed by atoms with E-state index in [2.05, 4.69) is 25.3 Å². The van der Waals surface area contributed by atoms with Crippen molar-refractivity contribution < 1.29 is 27.6 Å².